The van der Waals surface area contributed by atoms with Crippen LogP contribution in [0, 0.1) is 11.6 Å². The van der Waals surface area contributed by atoms with Crippen molar-refractivity contribution in [2.75, 3.05) is 6.61 Å². The lowest BCUT2D eigenvalue weighted by Gasteiger charge is -2.03. The molecule has 8 heteroatoms. The molecule has 0 saturated carbocycles. The molecule has 144 valence electrons. The van der Waals surface area contributed by atoms with E-state index in [1.54, 1.807) is 35.8 Å². The molecule has 0 aliphatic carbocycles. The number of hydrogen-bond acceptors (Lipinski definition) is 4. The smallest absolute Gasteiger partial charge is 0.338 e. The van der Waals surface area contributed by atoms with Gasteiger partial charge in [-0.3, -0.25) is 4.79 Å². The number of carbonyl (C=O) groups is 2. The van der Waals surface area contributed by atoms with E-state index in [-0.39, 0.29) is 12.2 Å². The molecule has 0 saturated heterocycles. The third-order valence-electron chi connectivity index (χ3n) is 3.86. The number of halogens is 2. The van der Waals surface area contributed by atoms with E-state index in [0.29, 0.717) is 27.7 Å². The predicted octanol–water partition coefficient (Wildman–Crippen LogP) is 4.08. The first kappa shape index (κ1) is 19.6. The molecule has 0 unspecified atom stereocenters. The van der Waals surface area contributed by atoms with Gasteiger partial charge in [-0.2, -0.15) is 4.99 Å². The number of benzene rings is 2. The van der Waals surface area contributed by atoms with Crippen molar-refractivity contribution in [3.05, 3.63) is 76.6 Å². The first-order chi connectivity index (χ1) is 13.4. The molecule has 3 aromatic rings. The second-order valence-corrected chi connectivity index (χ2v) is 6.74. The predicted molar refractivity (Wildman–Crippen MR) is 102 cm³/mol. The highest BCUT2D eigenvalue weighted by Gasteiger charge is 2.15. The molecule has 1 aromatic heterocycles. The zero-order valence-electron chi connectivity index (χ0n) is 14.9. The molecule has 0 spiro atoms. The summed E-state index contributed by atoms with van der Waals surface area (Å²) in [6.45, 7) is 6.03. The van der Waals surface area contributed by atoms with Crippen molar-refractivity contribution in [1.82, 2.24) is 4.57 Å². The number of allylic oxidation sites excluding steroid dienone is 1. The van der Waals surface area contributed by atoms with Gasteiger partial charge in [-0.05, 0) is 37.3 Å². The Morgan fingerprint density at radius 3 is 2.71 bits per heavy atom. The summed E-state index contributed by atoms with van der Waals surface area (Å²) in [6.07, 6.45) is 1.63. The Bertz CT molecular complexity index is 1150. The molecule has 0 radical (unpaired) electrons. The van der Waals surface area contributed by atoms with Gasteiger partial charge in [0.15, 0.2) is 4.80 Å². The maximum Gasteiger partial charge on any atom is 0.338 e. The summed E-state index contributed by atoms with van der Waals surface area (Å²) in [5.74, 6) is -3.03. The van der Waals surface area contributed by atoms with E-state index >= 15 is 0 Å². The Morgan fingerprint density at radius 2 is 2.04 bits per heavy atom. The number of hydrogen-bond donors (Lipinski definition) is 0. The van der Waals surface area contributed by atoms with Crippen molar-refractivity contribution in [2.45, 2.75) is 13.5 Å². The molecular formula is C20H16F2N2O3S. The number of nitrogens with zero attached hydrogens (tertiary/aromatic N) is 2. The van der Waals surface area contributed by atoms with E-state index in [4.69, 9.17) is 4.74 Å². The molecule has 0 N–H and O–H groups in total. The first-order valence-electron chi connectivity index (χ1n) is 8.40. The molecule has 2 aromatic carbocycles. The van der Waals surface area contributed by atoms with Crippen molar-refractivity contribution < 1.29 is 23.1 Å². The van der Waals surface area contributed by atoms with Gasteiger partial charge in [0.25, 0.3) is 5.91 Å². The van der Waals surface area contributed by atoms with Gasteiger partial charge in [0.1, 0.15) is 11.6 Å². The highest BCUT2D eigenvalue weighted by atomic mass is 32.1. The summed E-state index contributed by atoms with van der Waals surface area (Å²) in [5, 5.41) is 0. The summed E-state index contributed by atoms with van der Waals surface area (Å²) in [6, 6.07) is 7.69. The molecule has 0 fully saturated rings. The van der Waals surface area contributed by atoms with Gasteiger partial charge >= 0.3 is 5.97 Å². The molecule has 1 heterocycles. The molecule has 0 aliphatic rings. The maximum absolute atomic E-state index is 13.9. The van der Waals surface area contributed by atoms with Crippen LogP contribution in [-0.4, -0.2) is 23.1 Å². The van der Waals surface area contributed by atoms with Crippen molar-refractivity contribution in [2.24, 2.45) is 4.99 Å². The number of thiazole rings is 1. The van der Waals surface area contributed by atoms with Crippen LogP contribution in [0.4, 0.5) is 8.78 Å². The second-order valence-electron chi connectivity index (χ2n) is 5.73. The average Bonchev–Trinajstić information content (AvgIpc) is 2.98. The lowest BCUT2D eigenvalue weighted by Crippen LogP contribution is -2.16. The van der Waals surface area contributed by atoms with Crippen molar-refractivity contribution in [3.63, 3.8) is 0 Å². The summed E-state index contributed by atoms with van der Waals surface area (Å²) in [4.78, 5) is 28.7. The van der Waals surface area contributed by atoms with Crippen LogP contribution < -0.4 is 4.80 Å². The fourth-order valence-electron chi connectivity index (χ4n) is 2.62. The number of fused-ring (bicyclic) bond motifs is 1. The van der Waals surface area contributed by atoms with Gasteiger partial charge in [-0.1, -0.05) is 17.4 Å². The van der Waals surface area contributed by atoms with Crippen LogP contribution in [0.1, 0.15) is 27.6 Å². The summed E-state index contributed by atoms with van der Waals surface area (Å²) in [7, 11) is 0. The van der Waals surface area contributed by atoms with E-state index in [1.165, 1.54) is 11.3 Å². The maximum atomic E-state index is 13.9. The van der Waals surface area contributed by atoms with Crippen LogP contribution in [0.15, 0.2) is 54.0 Å². The minimum atomic E-state index is -0.977. The number of aromatic nitrogens is 1. The third kappa shape index (κ3) is 3.91. The molecule has 0 atom stereocenters. The van der Waals surface area contributed by atoms with Crippen LogP contribution >= 0.6 is 11.3 Å². The number of carbonyl (C=O) groups excluding carboxylic acids is 2. The monoisotopic (exact) mass is 402 g/mol. The van der Waals surface area contributed by atoms with Crippen LogP contribution in [0.3, 0.4) is 0 Å². The van der Waals surface area contributed by atoms with Crippen molar-refractivity contribution >= 4 is 33.4 Å². The normalized spacial score (nSPS) is 11.6. The zero-order valence-corrected chi connectivity index (χ0v) is 15.8. The minimum absolute atomic E-state index is 0.260. The molecule has 3 rings (SSSR count). The van der Waals surface area contributed by atoms with E-state index in [2.05, 4.69) is 11.6 Å². The van der Waals surface area contributed by atoms with Gasteiger partial charge in [-0.15, -0.1) is 6.58 Å². The molecule has 5 nitrogen and oxygen atoms in total. The Hall–Kier alpha value is -3.13. The number of rotatable bonds is 5. The Kier molecular flexibility index (Phi) is 5.79. The van der Waals surface area contributed by atoms with Crippen LogP contribution in [0.2, 0.25) is 0 Å². The SMILES string of the molecule is C=CCn1c(=NC(=O)c2ccc(F)cc2F)sc2cc(C(=O)OCC)ccc21. The van der Waals surface area contributed by atoms with Gasteiger partial charge in [0.05, 0.1) is 28.0 Å². The quantitative estimate of drug-likeness (QED) is 0.477. The molecule has 1 amide bonds. The lowest BCUT2D eigenvalue weighted by molar-refractivity contribution is 0.0526. The van der Waals surface area contributed by atoms with Crippen LogP contribution in [0.25, 0.3) is 10.2 Å². The second kappa shape index (κ2) is 8.26. The third-order valence-corrected chi connectivity index (χ3v) is 4.91. The first-order valence-corrected chi connectivity index (χ1v) is 9.21. The highest BCUT2D eigenvalue weighted by molar-refractivity contribution is 7.16. The van der Waals surface area contributed by atoms with Gasteiger partial charge in [0.2, 0.25) is 0 Å². The summed E-state index contributed by atoms with van der Waals surface area (Å²) in [5.41, 5.74) is 0.795. The molecular weight excluding hydrogens is 386 g/mol. The largest absolute Gasteiger partial charge is 0.462 e. The topological polar surface area (TPSA) is 60.7 Å². The molecule has 0 bridgehead atoms. The average molecular weight is 402 g/mol. The van der Waals surface area contributed by atoms with Crippen molar-refractivity contribution in [1.29, 1.82) is 0 Å². The van der Waals surface area contributed by atoms with E-state index in [0.717, 1.165) is 17.6 Å². The van der Waals surface area contributed by atoms with Crippen LogP contribution in [0.5, 0.6) is 0 Å². The molecule has 0 aliphatic heterocycles. The van der Waals surface area contributed by atoms with Gasteiger partial charge < -0.3 is 9.30 Å². The Balaban J connectivity index is 2.11. The van der Waals surface area contributed by atoms with E-state index < -0.39 is 23.5 Å². The number of esters is 1. The fraction of sp³-hybridized carbons (Fsp3) is 0.150. The highest BCUT2D eigenvalue weighted by Crippen LogP contribution is 2.20. The van der Waals surface area contributed by atoms with E-state index in [1.807, 2.05) is 0 Å². The Labute approximate surface area is 163 Å². The zero-order chi connectivity index (χ0) is 20.3. The summed E-state index contributed by atoms with van der Waals surface area (Å²) < 4.78 is 34.4. The standard InChI is InChI=1S/C20H16F2N2O3S/c1-3-9-24-16-8-5-12(19(26)27-4-2)10-17(16)28-20(24)23-18(25)14-7-6-13(21)11-15(14)22/h3,5-8,10-11H,1,4,9H2,2H3. The van der Waals surface area contributed by atoms with Crippen LogP contribution in [-0.2, 0) is 11.3 Å². The lowest BCUT2D eigenvalue weighted by atomic mass is 10.2. The Morgan fingerprint density at radius 1 is 1.25 bits per heavy atom. The molecule has 28 heavy (non-hydrogen) atoms. The van der Waals surface area contributed by atoms with E-state index in [9.17, 15) is 18.4 Å². The minimum Gasteiger partial charge on any atom is -0.462 e. The summed E-state index contributed by atoms with van der Waals surface area (Å²) >= 11 is 1.17. The number of ether oxygens (including phenoxy) is 1. The van der Waals surface area contributed by atoms with Gasteiger partial charge in [-0.25, -0.2) is 13.6 Å². The van der Waals surface area contributed by atoms with Gasteiger partial charge in [0, 0.05) is 12.6 Å². The van der Waals surface area contributed by atoms with Crippen molar-refractivity contribution in [3.8, 4) is 0 Å². The number of amides is 1. The fourth-order valence-corrected chi connectivity index (χ4v) is 3.69.